The molecule has 0 aliphatic heterocycles. The lowest BCUT2D eigenvalue weighted by Gasteiger charge is -2.05. The average molecular weight is 348 g/mol. The van der Waals surface area contributed by atoms with Crippen molar-refractivity contribution in [3.63, 3.8) is 0 Å². The summed E-state index contributed by atoms with van der Waals surface area (Å²) in [5.41, 5.74) is 1.87. The minimum absolute atomic E-state index is 0.155. The van der Waals surface area contributed by atoms with Gasteiger partial charge in [-0.1, -0.05) is 18.2 Å². The van der Waals surface area contributed by atoms with E-state index in [4.69, 9.17) is 4.74 Å². The zero-order chi connectivity index (χ0) is 18.2. The third-order valence-corrected chi connectivity index (χ3v) is 3.66. The number of hydrogen-bond acceptors (Lipinski definition) is 4. The van der Waals surface area contributed by atoms with Crippen molar-refractivity contribution >= 4 is 12.0 Å². The molecular weight excluding hydrogens is 328 g/mol. The molecule has 0 aliphatic rings. The lowest BCUT2D eigenvalue weighted by Crippen LogP contribution is -2.20. The molecule has 6 heteroatoms. The summed E-state index contributed by atoms with van der Waals surface area (Å²) in [7, 11) is 0. The zero-order valence-electron chi connectivity index (χ0n) is 14.5. The largest absolute Gasteiger partial charge is 0.494 e. The minimum Gasteiger partial charge on any atom is -0.494 e. The SMILES string of the molecule is CCOc1ccc(/C=C/C(=O)NCc2ccc(-n3ccnc3)nc2)cc1. The number of imidazole rings is 1. The highest BCUT2D eigenvalue weighted by atomic mass is 16.5. The van der Waals surface area contributed by atoms with Crippen LogP contribution in [-0.4, -0.2) is 27.0 Å². The molecule has 26 heavy (non-hydrogen) atoms. The Morgan fingerprint density at radius 2 is 2.08 bits per heavy atom. The second kappa shape index (κ2) is 8.62. The van der Waals surface area contributed by atoms with Crippen LogP contribution in [-0.2, 0) is 11.3 Å². The van der Waals surface area contributed by atoms with Crippen LogP contribution in [0.3, 0.4) is 0 Å². The molecule has 0 radical (unpaired) electrons. The fourth-order valence-corrected chi connectivity index (χ4v) is 2.33. The van der Waals surface area contributed by atoms with Crippen molar-refractivity contribution in [3.8, 4) is 11.6 Å². The van der Waals surface area contributed by atoms with E-state index in [1.165, 1.54) is 6.08 Å². The Morgan fingerprint density at radius 3 is 2.73 bits per heavy atom. The maximum Gasteiger partial charge on any atom is 0.244 e. The number of aromatic nitrogens is 3. The highest BCUT2D eigenvalue weighted by Crippen LogP contribution is 2.13. The van der Waals surface area contributed by atoms with E-state index in [1.54, 1.807) is 24.8 Å². The van der Waals surface area contributed by atoms with E-state index in [2.05, 4.69) is 15.3 Å². The summed E-state index contributed by atoms with van der Waals surface area (Å²) in [6.45, 7) is 3.00. The molecule has 2 heterocycles. The molecule has 0 aliphatic carbocycles. The molecule has 3 aromatic rings. The van der Waals surface area contributed by atoms with Gasteiger partial charge in [0.05, 0.1) is 6.61 Å². The summed E-state index contributed by atoms with van der Waals surface area (Å²) in [6, 6.07) is 11.4. The normalized spacial score (nSPS) is 10.8. The van der Waals surface area contributed by atoms with Gasteiger partial charge in [0.2, 0.25) is 5.91 Å². The van der Waals surface area contributed by atoms with E-state index in [1.807, 2.05) is 54.1 Å². The van der Waals surface area contributed by atoms with Gasteiger partial charge in [-0.2, -0.15) is 0 Å². The first-order valence-corrected chi connectivity index (χ1v) is 8.36. The number of ether oxygens (including phenoxy) is 1. The van der Waals surface area contributed by atoms with E-state index >= 15 is 0 Å². The smallest absolute Gasteiger partial charge is 0.244 e. The molecule has 0 unspecified atom stereocenters. The van der Waals surface area contributed by atoms with E-state index in [0.29, 0.717) is 13.2 Å². The zero-order valence-corrected chi connectivity index (χ0v) is 14.5. The Labute approximate surface area is 152 Å². The topological polar surface area (TPSA) is 69.0 Å². The number of rotatable bonds is 7. The molecule has 0 saturated carbocycles. The van der Waals surface area contributed by atoms with Crippen LogP contribution in [0.15, 0.2) is 67.4 Å². The molecule has 2 aromatic heterocycles. The molecule has 0 bridgehead atoms. The molecule has 0 spiro atoms. The number of nitrogens with zero attached hydrogens (tertiary/aromatic N) is 3. The Hall–Kier alpha value is -3.41. The number of carbonyl (C=O) groups excluding carboxylic acids is 1. The standard InChI is InChI=1S/C20H20N4O2/c1-2-26-18-7-3-16(4-8-18)6-10-20(25)23-14-17-5-9-19(22-13-17)24-12-11-21-15-24/h3-13,15H,2,14H2,1H3,(H,23,25)/b10-6+. The van der Waals surface area contributed by atoms with Crippen molar-refractivity contribution in [3.05, 3.63) is 78.5 Å². The third-order valence-electron chi connectivity index (χ3n) is 3.66. The lowest BCUT2D eigenvalue weighted by atomic mass is 10.2. The fourth-order valence-electron chi connectivity index (χ4n) is 2.33. The Kier molecular flexibility index (Phi) is 5.77. The Balaban J connectivity index is 1.50. The van der Waals surface area contributed by atoms with E-state index < -0.39 is 0 Å². The van der Waals surface area contributed by atoms with E-state index in [-0.39, 0.29) is 5.91 Å². The predicted octanol–water partition coefficient (Wildman–Crippen LogP) is 3.00. The molecule has 3 rings (SSSR count). The van der Waals surface area contributed by atoms with Gasteiger partial charge in [-0.3, -0.25) is 9.36 Å². The highest BCUT2D eigenvalue weighted by molar-refractivity contribution is 5.91. The molecule has 1 amide bonds. The monoisotopic (exact) mass is 348 g/mol. The molecule has 1 aromatic carbocycles. The van der Waals surface area contributed by atoms with Crippen molar-refractivity contribution in [1.29, 1.82) is 0 Å². The van der Waals surface area contributed by atoms with E-state index in [9.17, 15) is 4.79 Å². The van der Waals surface area contributed by atoms with Gasteiger partial charge in [-0.05, 0) is 42.3 Å². The van der Waals surface area contributed by atoms with Crippen molar-refractivity contribution in [1.82, 2.24) is 19.9 Å². The van der Waals surface area contributed by atoms with Crippen LogP contribution in [0.2, 0.25) is 0 Å². The van der Waals surface area contributed by atoms with Gasteiger partial charge in [-0.15, -0.1) is 0 Å². The van der Waals surface area contributed by atoms with Gasteiger partial charge < -0.3 is 10.1 Å². The lowest BCUT2D eigenvalue weighted by molar-refractivity contribution is -0.116. The number of nitrogens with one attached hydrogen (secondary N) is 1. The van der Waals surface area contributed by atoms with Gasteiger partial charge >= 0.3 is 0 Å². The Bertz CT molecular complexity index is 854. The first kappa shape index (κ1) is 17.4. The maximum atomic E-state index is 12.0. The van der Waals surface area contributed by atoms with Crippen molar-refractivity contribution < 1.29 is 9.53 Å². The van der Waals surface area contributed by atoms with Gasteiger partial charge in [0.1, 0.15) is 17.9 Å². The third kappa shape index (κ3) is 4.80. The fraction of sp³-hybridized carbons (Fsp3) is 0.150. The molecule has 0 saturated heterocycles. The average Bonchev–Trinajstić information content (AvgIpc) is 3.21. The first-order valence-electron chi connectivity index (χ1n) is 8.36. The van der Waals surface area contributed by atoms with Gasteiger partial charge in [0.25, 0.3) is 0 Å². The second-order valence-corrected chi connectivity index (χ2v) is 5.55. The molecule has 0 atom stereocenters. The van der Waals surface area contributed by atoms with Crippen LogP contribution < -0.4 is 10.1 Å². The summed E-state index contributed by atoms with van der Waals surface area (Å²) in [5, 5.41) is 2.85. The number of hydrogen-bond donors (Lipinski definition) is 1. The summed E-state index contributed by atoms with van der Waals surface area (Å²) >= 11 is 0. The summed E-state index contributed by atoms with van der Waals surface area (Å²) in [5.74, 6) is 1.45. The van der Waals surface area contributed by atoms with Gasteiger partial charge in [0.15, 0.2) is 0 Å². The second-order valence-electron chi connectivity index (χ2n) is 5.55. The molecule has 6 nitrogen and oxygen atoms in total. The highest BCUT2D eigenvalue weighted by Gasteiger charge is 2.00. The quantitative estimate of drug-likeness (QED) is 0.667. The predicted molar refractivity (Wildman–Crippen MR) is 99.9 cm³/mol. The van der Waals surface area contributed by atoms with Crippen LogP contribution in [0.4, 0.5) is 0 Å². The molecule has 1 N–H and O–H groups in total. The maximum absolute atomic E-state index is 12.0. The van der Waals surface area contributed by atoms with Gasteiger partial charge in [0, 0.05) is 31.2 Å². The van der Waals surface area contributed by atoms with Gasteiger partial charge in [-0.25, -0.2) is 9.97 Å². The molecule has 132 valence electrons. The Morgan fingerprint density at radius 1 is 1.23 bits per heavy atom. The minimum atomic E-state index is -0.155. The first-order chi connectivity index (χ1) is 12.7. The van der Waals surface area contributed by atoms with Crippen LogP contribution in [0.1, 0.15) is 18.1 Å². The molecule has 0 fully saturated rings. The summed E-state index contributed by atoms with van der Waals surface area (Å²) < 4.78 is 7.21. The van der Waals surface area contributed by atoms with Crippen molar-refractivity contribution in [2.45, 2.75) is 13.5 Å². The van der Waals surface area contributed by atoms with Crippen LogP contribution in [0.5, 0.6) is 5.75 Å². The summed E-state index contributed by atoms with van der Waals surface area (Å²) in [4.78, 5) is 20.3. The van der Waals surface area contributed by atoms with Crippen LogP contribution >= 0.6 is 0 Å². The number of amides is 1. The van der Waals surface area contributed by atoms with Crippen LogP contribution in [0, 0.1) is 0 Å². The van der Waals surface area contributed by atoms with Crippen LogP contribution in [0.25, 0.3) is 11.9 Å². The van der Waals surface area contributed by atoms with Crippen molar-refractivity contribution in [2.24, 2.45) is 0 Å². The summed E-state index contributed by atoms with van der Waals surface area (Å²) in [6.07, 6.45) is 10.2. The number of benzene rings is 1. The van der Waals surface area contributed by atoms with Crippen molar-refractivity contribution in [2.75, 3.05) is 6.61 Å². The van der Waals surface area contributed by atoms with E-state index in [0.717, 1.165) is 22.7 Å². The number of carbonyl (C=O) groups is 1. The number of pyridine rings is 1. The molecular formula is C20H20N4O2.